The maximum absolute atomic E-state index is 15.0. The molecule has 9 nitrogen and oxygen atoms in total. The van der Waals surface area contributed by atoms with Gasteiger partial charge in [0, 0.05) is 61.8 Å². The first-order chi connectivity index (χ1) is 19.3. The summed E-state index contributed by atoms with van der Waals surface area (Å²) in [6, 6.07) is 5.19. The SMILES string of the molecule is Cc1nc2c(F)cc(-c3cc(Nc4ncc(CN5CC[C@H]6[C@H](C5)OCCN6C)cn4)ncc3F)cc2n1C(C)C. The molecular weight excluding hydrogens is 514 g/mol. The van der Waals surface area contributed by atoms with Gasteiger partial charge in [0.25, 0.3) is 0 Å². The van der Waals surface area contributed by atoms with Crippen molar-refractivity contribution in [1.82, 2.24) is 34.3 Å². The van der Waals surface area contributed by atoms with E-state index in [1.165, 1.54) is 6.07 Å². The second kappa shape index (κ2) is 10.8. The number of likely N-dealkylation sites (tertiary alicyclic amines) is 1. The van der Waals surface area contributed by atoms with Crippen LogP contribution in [-0.4, -0.2) is 79.7 Å². The van der Waals surface area contributed by atoms with Crippen LogP contribution in [0.5, 0.6) is 0 Å². The molecule has 40 heavy (non-hydrogen) atoms. The maximum Gasteiger partial charge on any atom is 0.228 e. The summed E-state index contributed by atoms with van der Waals surface area (Å²) >= 11 is 0. The molecule has 0 radical (unpaired) electrons. The fraction of sp³-hybridized carbons (Fsp3) is 0.448. The fourth-order valence-electron chi connectivity index (χ4n) is 5.97. The lowest BCUT2D eigenvalue weighted by Crippen LogP contribution is -2.57. The number of nitrogens with one attached hydrogen (secondary N) is 1. The minimum atomic E-state index is -0.551. The van der Waals surface area contributed by atoms with Crippen molar-refractivity contribution in [1.29, 1.82) is 0 Å². The standard InChI is InChI=1S/C29H34F2N8O/c1-17(2)39-18(3)35-28-22(30)9-20(10-25(28)39)21-11-27(32-14-23(21)31)36-29-33-12-19(13-34-29)15-38-6-5-24-26(16-38)40-8-7-37(24)4/h9-14,17,24,26H,5-8,15-16H2,1-4H3,(H,32,33,34,36)/t24-,26-/m0/s1. The lowest BCUT2D eigenvalue weighted by molar-refractivity contribution is -0.0975. The van der Waals surface area contributed by atoms with E-state index in [2.05, 4.69) is 42.1 Å². The highest BCUT2D eigenvalue weighted by Gasteiger charge is 2.35. The van der Waals surface area contributed by atoms with E-state index in [9.17, 15) is 4.39 Å². The molecule has 2 aliphatic heterocycles. The van der Waals surface area contributed by atoms with Gasteiger partial charge in [0.1, 0.15) is 23.0 Å². The molecule has 0 unspecified atom stereocenters. The van der Waals surface area contributed by atoms with E-state index < -0.39 is 11.6 Å². The van der Waals surface area contributed by atoms with E-state index in [0.717, 1.165) is 51.0 Å². The lowest BCUT2D eigenvalue weighted by atomic mass is 9.98. The second-order valence-electron chi connectivity index (χ2n) is 11.0. The Morgan fingerprint density at radius 2 is 1.85 bits per heavy atom. The summed E-state index contributed by atoms with van der Waals surface area (Å²) in [6.45, 7) is 10.3. The topological polar surface area (TPSA) is 84.2 Å². The van der Waals surface area contributed by atoms with Gasteiger partial charge in [-0.1, -0.05) is 0 Å². The number of halogens is 2. The molecular formula is C29H34F2N8O. The highest BCUT2D eigenvalue weighted by atomic mass is 19.1. The third-order valence-electron chi connectivity index (χ3n) is 7.91. The van der Waals surface area contributed by atoms with Gasteiger partial charge in [-0.3, -0.25) is 9.80 Å². The highest BCUT2D eigenvalue weighted by Crippen LogP contribution is 2.32. The number of likely N-dealkylation sites (N-methyl/N-ethyl adjacent to an activating group) is 1. The van der Waals surface area contributed by atoms with Crippen molar-refractivity contribution in [3.8, 4) is 11.1 Å². The summed E-state index contributed by atoms with van der Waals surface area (Å²) in [5.74, 6) is 0.369. The van der Waals surface area contributed by atoms with Crippen molar-refractivity contribution in [2.75, 3.05) is 38.6 Å². The maximum atomic E-state index is 15.0. The number of pyridine rings is 1. The zero-order valence-corrected chi connectivity index (χ0v) is 23.2. The number of nitrogens with zero attached hydrogens (tertiary/aromatic N) is 7. The van der Waals surface area contributed by atoms with Crippen molar-refractivity contribution in [2.45, 2.75) is 51.9 Å². The number of benzene rings is 1. The van der Waals surface area contributed by atoms with Crippen LogP contribution >= 0.6 is 0 Å². The fourth-order valence-corrected chi connectivity index (χ4v) is 5.97. The van der Waals surface area contributed by atoms with Gasteiger partial charge < -0.3 is 14.6 Å². The number of imidazole rings is 1. The number of piperidine rings is 1. The van der Waals surface area contributed by atoms with Crippen LogP contribution in [0.4, 0.5) is 20.5 Å². The Balaban J connectivity index is 1.18. The third kappa shape index (κ3) is 5.16. The van der Waals surface area contributed by atoms with Gasteiger partial charge >= 0.3 is 0 Å². The summed E-state index contributed by atoms with van der Waals surface area (Å²) in [7, 11) is 2.18. The molecule has 11 heteroatoms. The van der Waals surface area contributed by atoms with Gasteiger partial charge in [-0.2, -0.15) is 0 Å². The molecule has 3 aromatic heterocycles. The van der Waals surface area contributed by atoms with Gasteiger partial charge in [-0.15, -0.1) is 0 Å². The Kier molecular flexibility index (Phi) is 7.20. The van der Waals surface area contributed by atoms with Gasteiger partial charge in [0.15, 0.2) is 5.82 Å². The van der Waals surface area contributed by atoms with E-state index in [4.69, 9.17) is 4.74 Å². The summed E-state index contributed by atoms with van der Waals surface area (Å²) in [6.07, 6.45) is 6.01. The molecule has 6 rings (SSSR count). The van der Waals surface area contributed by atoms with Crippen LogP contribution in [0.2, 0.25) is 0 Å². The number of aromatic nitrogens is 5. The van der Waals surface area contributed by atoms with Gasteiger partial charge in [-0.05, 0) is 58.0 Å². The van der Waals surface area contributed by atoms with Crippen LogP contribution in [0.3, 0.4) is 0 Å². The van der Waals surface area contributed by atoms with E-state index in [-0.39, 0.29) is 23.2 Å². The predicted molar refractivity (Wildman–Crippen MR) is 149 cm³/mol. The first-order valence-electron chi connectivity index (χ1n) is 13.7. The van der Waals surface area contributed by atoms with Crippen LogP contribution in [0.1, 0.15) is 37.7 Å². The third-order valence-corrected chi connectivity index (χ3v) is 7.91. The number of fused-ring (bicyclic) bond motifs is 2. The molecule has 0 spiro atoms. The Morgan fingerprint density at radius 1 is 1.05 bits per heavy atom. The minimum Gasteiger partial charge on any atom is -0.374 e. The normalized spacial score (nSPS) is 20.3. The molecule has 0 amide bonds. The Hall–Kier alpha value is -3.54. The number of anilines is 2. The van der Waals surface area contributed by atoms with E-state index in [1.807, 2.05) is 25.3 Å². The van der Waals surface area contributed by atoms with Crippen molar-refractivity contribution in [3.05, 3.63) is 59.8 Å². The summed E-state index contributed by atoms with van der Waals surface area (Å²) in [5, 5.41) is 3.05. The molecule has 0 aliphatic carbocycles. The van der Waals surface area contributed by atoms with Crippen LogP contribution in [0.25, 0.3) is 22.2 Å². The zero-order valence-electron chi connectivity index (χ0n) is 23.2. The zero-order chi connectivity index (χ0) is 28.0. The number of morpholine rings is 1. The van der Waals surface area contributed by atoms with Crippen molar-refractivity contribution in [3.63, 3.8) is 0 Å². The monoisotopic (exact) mass is 548 g/mol. The first-order valence-corrected chi connectivity index (χ1v) is 13.7. The first kappa shape index (κ1) is 26.7. The van der Waals surface area contributed by atoms with E-state index in [1.54, 1.807) is 24.5 Å². The Labute approximate surface area is 232 Å². The molecule has 2 fully saturated rings. The van der Waals surface area contributed by atoms with Crippen molar-refractivity contribution < 1.29 is 13.5 Å². The quantitative estimate of drug-likeness (QED) is 0.371. The van der Waals surface area contributed by atoms with Crippen molar-refractivity contribution in [2.24, 2.45) is 0 Å². The van der Waals surface area contributed by atoms with E-state index in [0.29, 0.717) is 34.7 Å². The number of aryl methyl sites for hydroxylation is 1. The molecule has 2 aliphatic rings. The highest BCUT2D eigenvalue weighted by molar-refractivity contribution is 5.84. The Bertz CT molecular complexity index is 1520. The van der Waals surface area contributed by atoms with Gasteiger partial charge in [0.05, 0.1) is 24.4 Å². The summed E-state index contributed by atoms with van der Waals surface area (Å²) in [5.41, 5.74) is 2.53. The molecule has 210 valence electrons. The van der Waals surface area contributed by atoms with Crippen LogP contribution in [0.15, 0.2) is 36.8 Å². The Morgan fingerprint density at radius 3 is 2.62 bits per heavy atom. The van der Waals surface area contributed by atoms with E-state index >= 15 is 4.39 Å². The average molecular weight is 549 g/mol. The van der Waals surface area contributed by atoms with Crippen LogP contribution in [0, 0.1) is 18.6 Å². The van der Waals surface area contributed by atoms with Gasteiger partial charge in [0.2, 0.25) is 5.95 Å². The molecule has 5 heterocycles. The molecule has 1 N–H and O–H groups in total. The molecule has 2 saturated heterocycles. The minimum absolute atomic E-state index is 0.0772. The number of hydrogen-bond donors (Lipinski definition) is 1. The largest absolute Gasteiger partial charge is 0.374 e. The number of hydrogen-bond acceptors (Lipinski definition) is 8. The number of rotatable bonds is 6. The smallest absolute Gasteiger partial charge is 0.228 e. The second-order valence-corrected chi connectivity index (χ2v) is 11.0. The predicted octanol–water partition coefficient (Wildman–Crippen LogP) is 4.70. The lowest BCUT2D eigenvalue weighted by Gasteiger charge is -2.45. The molecule has 0 bridgehead atoms. The van der Waals surface area contributed by atoms with Crippen LogP contribution < -0.4 is 5.32 Å². The molecule has 2 atom stereocenters. The average Bonchev–Trinajstić information content (AvgIpc) is 3.27. The molecule has 0 saturated carbocycles. The summed E-state index contributed by atoms with van der Waals surface area (Å²) < 4.78 is 37.9. The molecule has 1 aromatic carbocycles. The van der Waals surface area contributed by atoms with Crippen molar-refractivity contribution >= 4 is 22.8 Å². The summed E-state index contributed by atoms with van der Waals surface area (Å²) in [4.78, 5) is 22.2. The van der Waals surface area contributed by atoms with Gasteiger partial charge in [-0.25, -0.2) is 28.7 Å². The molecule has 4 aromatic rings. The van der Waals surface area contributed by atoms with Crippen LogP contribution in [-0.2, 0) is 11.3 Å². The number of ether oxygens (including phenoxy) is 1.